The van der Waals surface area contributed by atoms with Crippen LogP contribution in [0.5, 0.6) is 0 Å². The number of methoxy groups -OCH3 is 1. The van der Waals surface area contributed by atoms with Crippen molar-refractivity contribution in [3.05, 3.63) is 59.3 Å². The molecule has 1 aliphatic heterocycles. The molecule has 10 nitrogen and oxygen atoms in total. The molecule has 0 amide bonds. The number of likely N-dealkylation sites (tertiary alicyclic amines) is 1. The lowest BCUT2D eigenvalue weighted by Gasteiger charge is -2.21. The SMILES string of the molecule is COCCNc1ccc(-c2noc(C3CCCN3Cc3ccc([NH+]([O-])O)cc3)n2)cn1. The molecule has 2 atom stereocenters. The van der Waals surface area contributed by atoms with Crippen molar-refractivity contribution in [2.24, 2.45) is 0 Å². The van der Waals surface area contributed by atoms with Crippen LogP contribution in [0.2, 0.25) is 0 Å². The fraction of sp³-hybridized carbons (Fsp3) is 0.381. The summed E-state index contributed by atoms with van der Waals surface area (Å²) in [7, 11) is 1.66. The highest BCUT2D eigenvalue weighted by Gasteiger charge is 2.31. The van der Waals surface area contributed by atoms with Gasteiger partial charge < -0.3 is 19.8 Å². The zero-order valence-corrected chi connectivity index (χ0v) is 17.3. The Labute approximate surface area is 180 Å². The van der Waals surface area contributed by atoms with E-state index in [4.69, 9.17) is 14.5 Å². The second kappa shape index (κ2) is 9.94. The number of rotatable bonds is 9. The van der Waals surface area contributed by atoms with Gasteiger partial charge in [0.25, 0.3) is 0 Å². The van der Waals surface area contributed by atoms with Crippen LogP contribution in [-0.2, 0) is 11.3 Å². The van der Waals surface area contributed by atoms with Gasteiger partial charge in [-0.15, -0.1) is 0 Å². The van der Waals surface area contributed by atoms with E-state index in [0.717, 1.165) is 36.3 Å². The number of nitrogens with zero attached hydrogens (tertiary/aromatic N) is 4. The summed E-state index contributed by atoms with van der Waals surface area (Å²) in [6.45, 7) is 2.92. The number of aromatic nitrogens is 3. The molecule has 3 heterocycles. The number of nitrogens with one attached hydrogen (secondary N) is 2. The quantitative estimate of drug-likeness (QED) is 0.348. The van der Waals surface area contributed by atoms with Gasteiger partial charge in [-0.2, -0.15) is 10.2 Å². The Bertz CT molecular complexity index is 961. The summed E-state index contributed by atoms with van der Waals surface area (Å²) in [6.07, 6.45) is 3.70. The highest BCUT2D eigenvalue weighted by molar-refractivity contribution is 5.55. The van der Waals surface area contributed by atoms with Crippen LogP contribution in [0.15, 0.2) is 47.1 Å². The van der Waals surface area contributed by atoms with E-state index in [1.165, 1.54) is 0 Å². The van der Waals surface area contributed by atoms with Crippen molar-refractivity contribution in [2.75, 3.05) is 32.1 Å². The summed E-state index contributed by atoms with van der Waals surface area (Å²) in [6, 6.07) is 10.8. The first-order chi connectivity index (χ1) is 15.1. The van der Waals surface area contributed by atoms with Crippen molar-refractivity contribution in [1.29, 1.82) is 0 Å². The molecule has 1 fully saturated rings. The topological polar surface area (TPSA) is 124 Å². The van der Waals surface area contributed by atoms with Crippen LogP contribution in [0.25, 0.3) is 11.4 Å². The van der Waals surface area contributed by atoms with Crippen molar-refractivity contribution in [2.45, 2.75) is 25.4 Å². The standard InChI is InChI=1S/C21H26N6O4/c1-30-12-10-22-19-9-6-16(13-23-19)20-24-21(31-25-20)18-3-2-11-26(18)14-15-4-7-17(8-5-15)27(28)29/h4-9,13,18,27-28H,2-3,10-12,14H2,1H3,(H,22,23). The molecule has 0 radical (unpaired) electrons. The molecule has 4 rings (SSSR count). The largest absolute Gasteiger partial charge is 0.595 e. The van der Waals surface area contributed by atoms with Crippen LogP contribution in [0.1, 0.15) is 30.3 Å². The first-order valence-corrected chi connectivity index (χ1v) is 10.2. The monoisotopic (exact) mass is 426 g/mol. The molecule has 1 saturated heterocycles. The van der Waals surface area contributed by atoms with Crippen LogP contribution in [0, 0.1) is 5.21 Å². The van der Waals surface area contributed by atoms with E-state index in [0.29, 0.717) is 31.4 Å². The third-order valence-electron chi connectivity index (χ3n) is 5.31. The van der Waals surface area contributed by atoms with Crippen LogP contribution in [0.3, 0.4) is 0 Å². The molecule has 164 valence electrons. The molecule has 1 aliphatic rings. The summed E-state index contributed by atoms with van der Waals surface area (Å²) in [4.78, 5) is 11.3. The maximum absolute atomic E-state index is 11.0. The first kappa shape index (κ1) is 21.3. The average Bonchev–Trinajstić information content (AvgIpc) is 3.44. The molecule has 3 N–H and O–H groups in total. The smallest absolute Gasteiger partial charge is 0.244 e. The predicted molar refractivity (Wildman–Crippen MR) is 112 cm³/mol. The molecule has 31 heavy (non-hydrogen) atoms. The normalized spacial score (nSPS) is 17.7. The van der Waals surface area contributed by atoms with Crippen molar-refractivity contribution in [3.63, 3.8) is 0 Å². The minimum absolute atomic E-state index is 0.0448. The summed E-state index contributed by atoms with van der Waals surface area (Å²) in [5.41, 5.74) is 2.13. The van der Waals surface area contributed by atoms with E-state index in [-0.39, 0.29) is 11.7 Å². The van der Waals surface area contributed by atoms with Gasteiger partial charge in [-0.05, 0) is 37.1 Å². The van der Waals surface area contributed by atoms with Crippen LogP contribution >= 0.6 is 0 Å². The van der Waals surface area contributed by atoms with Crippen molar-refractivity contribution >= 4 is 11.5 Å². The molecule has 3 aromatic rings. The van der Waals surface area contributed by atoms with Crippen LogP contribution < -0.4 is 10.5 Å². The van der Waals surface area contributed by atoms with Gasteiger partial charge in [-0.25, -0.2) is 10.2 Å². The predicted octanol–water partition coefficient (Wildman–Crippen LogP) is 1.93. The lowest BCUT2D eigenvalue weighted by Crippen LogP contribution is -2.99. The first-order valence-electron chi connectivity index (χ1n) is 10.2. The van der Waals surface area contributed by atoms with E-state index in [1.807, 2.05) is 24.3 Å². The Balaban J connectivity index is 1.41. The minimum Gasteiger partial charge on any atom is -0.595 e. The van der Waals surface area contributed by atoms with Gasteiger partial charge >= 0.3 is 0 Å². The van der Waals surface area contributed by atoms with E-state index in [9.17, 15) is 5.21 Å². The average molecular weight is 426 g/mol. The van der Waals surface area contributed by atoms with E-state index in [2.05, 4.69) is 25.3 Å². The maximum atomic E-state index is 11.0. The second-order valence-electron chi connectivity index (χ2n) is 7.44. The van der Waals surface area contributed by atoms with Crippen molar-refractivity contribution in [3.8, 4) is 11.4 Å². The number of hydrogen-bond donors (Lipinski definition) is 3. The third kappa shape index (κ3) is 5.24. The Morgan fingerprint density at radius 1 is 1.29 bits per heavy atom. The minimum atomic E-state index is -0.919. The van der Waals surface area contributed by atoms with Gasteiger partial charge in [0.15, 0.2) is 5.69 Å². The fourth-order valence-electron chi connectivity index (χ4n) is 3.68. The molecule has 0 saturated carbocycles. The second-order valence-corrected chi connectivity index (χ2v) is 7.44. The van der Waals surface area contributed by atoms with Gasteiger partial charge in [0.2, 0.25) is 11.7 Å². The van der Waals surface area contributed by atoms with Gasteiger partial charge in [0.05, 0.1) is 12.6 Å². The molecule has 2 aromatic heterocycles. The van der Waals surface area contributed by atoms with Crippen molar-refractivity contribution in [1.82, 2.24) is 20.0 Å². The van der Waals surface area contributed by atoms with Gasteiger partial charge in [0.1, 0.15) is 5.82 Å². The molecule has 0 bridgehead atoms. The molecular weight excluding hydrogens is 400 g/mol. The molecule has 2 unspecified atom stereocenters. The maximum Gasteiger partial charge on any atom is 0.244 e. The van der Waals surface area contributed by atoms with Gasteiger partial charge in [-0.1, -0.05) is 17.3 Å². The number of pyridine rings is 1. The van der Waals surface area contributed by atoms with E-state index < -0.39 is 5.23 Å². The Morgan fingerprint density at radius 2 is 2.13 bits per heavy atom. The summed E-state index contributed by atoms with van der Waals surface area (Å²) < 4.78 is 10.6. The lowest BCUT2D eigenvalue weighted by molar-refractivity contribution is -0.991. The molecule has 10 heteroatoms. The lowest BCUT2D eigenvalue weighted by atomic mass is 10.1. The van der Waals surface area contributed by atoms with Crippen LogP contribution in [0.4, 0.5) is 11.5 Å². The highest BCUT2D eigenvalue weighted by atomic mass is 16.8. The number of anilines is 1. The number of benzene rings is 1. The van der Waals surface area contributed by atoms with E-state index >= 15 is 0 Å². The Morgan fingerprint density at radius 3 is 2.84 bits per heavy atom. The summed E-state index contributed by atoms with van der Waals surface area (Å²) >= 11 is 0. The number of ether oxygens (including phenoxy) is 1. The van der Waals surface area contributed by atoms with Gasteiger partial charge in [0, 0.05) is 44.1 Å². The molecule has 0 aliphatic carbocycles. The van der Waals surface area contributed by atoms with E-state index in [1.54, 1.807) is 25.4 Å². The third-order valence-corrected chi connectivity index (χ3v) is 5.31. The summed E-state index contributed by atoms with van der Waals surface area (Å²) in [5.74, 6) is 1.88. The molecular formula is C21H26N6O4. The van der Waals surface area contributed by atoms with Crippen molar-refractivity contribution < 1.29 is 19.7 Å². The highest BCUT2D eigenvalue weighted by Crippen LogP contribution is 2.33. The summed E-state index contributed by atoms with van der Waals surface area (Å²) in [5, 5.41) is 26.5. The zero-order valence-electron chi connectivity index (χ0n) is 17.3. The fourth-order valence-corrected chi connectivity index (χ4v) is 3.68. The zero-order chi connectivity index (χ0) is 21.6. The molecule has 1 aromatic carbocycles. The number of quaternary nitrogens is 1. The van der Waals surface area contributed by atoms with Gasteiger partial charge in [-0.3, -0.25) is 4.90 Å². The number of hydrogen-bond acceptors (Lipinski definition) is 9. The molecule has 0 spiro atoms. The Hall–Kier alpha value is -2.89. The van der Waals surface area contributed by atoms with Crippen LogP contribution in [-0.4, -0.2) is 52.0 Å². The Kier molecular flexibility index (Phi) is 6.85.